The van der Waals surface area contributed by atoms with Crippen LogP contribution in [0.3, 0.4) is 0 Å². The van der Waals surface area contributed by atoms with E-state index in [1.807, 2.05) is 6.92 Å². The van der Waals surface area contributed by atoms with Crippen LogP contribution in [0, 0.1) is 34.0 Å². The van der Waals surface area contributed by atoms with E-state index in [9.17, 15) is 29.4 Å². The molecule has 11 heteroatoms. The molecule has 218 valence electrons. The van der Waals surface area contributed by atoms with Crippen LogP contribution < -0.4 is 0 Å². The van der Waals surface area contributed by atoms with Crippen LogP contribution in [0.2, 0.25) is 0 Å². The molecule has 6 rings (SSSR count). The molecule has 40 heavy (non-hydrogen) atoms. The quantitative estimate of drug-likeness (QED) is 0.314. The van der Waals surface area contributed by atoms with E-state index in [-0.39, 0.29) is 6.42 Å². The minimum atomic E-state index is -2.28. The van der Waals surface area contributed by atoms with Crippen molar-refractivity contribution < 1.29 is 52.8 Å². The Kier molecular flexibility index (Phi) is 5.60. The summed E-state index contributed by atoms with van der Waals surface area (Å²) in [5.41, 5.74) is -6.16. The molecule has 1 spiro atoms. The fraction of sp³-hybridized carbons (Fsp3) is 0.724. The number of ether oxygens (including phenoxy) is 4. The highest BCUT2D eigenvalue weighted by Gasteiger charge is 2.91. The topological polar surface area (TPSA) is 162 Å². The Bertz CT molecular complexity index is 1290. The van der Waals surface area contributed by atoms with Crippen molar-refractivity contribution in [2.75, 3.05) is 7.11 Å². The molecule has 1 aromatic rings. The summed E-state index contributed by atoms with van der Waals surface area (Å²) in [5.74, 6) is -4.92. The van der Waals surface area contributed by atoms with Gasteiger partial charge < -0.3 is 33.6 Å². The van der Waals surface area contributed by atoms with Gasteiger partial charge in [-0.3, -0.25) is 14.4 Å². The van der Waals surface area contributed by atoms with Crippen molar-refractivity contribution in [1.82, 2.24) is 0 Å². The third-order valence-electron chi connectivity index (χ3n) is 11.1. The second-order valence-electron chi connectivity index (χ2n) is 13.3. The van der Waals surface area contributed by atoms with Crippen molar-refractivity contribution in [2.45, 2.75) is 89.5 Å². The molecule has 5 aliphatic rings. The van der Waals surface area contributed by atoms with E-state index in [4.69, 9.17) is 23.4 Å². The van der Waals surface area contributed by atoms with Crippen LogP contribution >= 0.6 is 0 Å². The lowest BCUT2D eigenvalue weighted by atomic mass is 9.36. The van der Waals surface area contributed by atoms with Gasteiger partial charge in [0.2, 0.25) is 0 Å². The van der Waals surface area contributed by atoms with Gasteiger partial charge in [0.05, 0.1) is 26.1 Å². The van der Waals surface area contributed by atoms with Crippen LogP contribution in [0.5, 0.6) is 0 Å². The smallest absolute Gasteiger partial charge is 0.335 e. The molecule has 11 nitrogen and oxygen atoms in total. The summed E-state index contributed by atoms with van der Waals surface area (Å²) in [6, 6.07) is 1.75. The maximum Gasteiger partial charge on any atom is 0.335 e. The van der Waals surface area contributed by atoms with Crippen molar-refractivity contribution in [3.63, 3.8) is 0 Å². The van der Waals surface area contributed by atoms with E-state index in [1.165, 1.54) is 19.5 Å². The molecule has 3 saturated carbocycles. The first kappa shape index (κ1) is 27.4. The lowest BCUT2D eigenvalue weighted by Gasteiger charge is -2.67. The standard InChI is InChI=1S/C29H36O11/c1-13(30)38-23-25(2,3)19(18(32)21(33)36-6)27(5)15-7-9-26(4)16(29(15)24(40-29)28(23,35)22(27)34)11-17(31)39-20(26)14-8-10-37-12-14/h8,10,12,15-16,18-20,23-24,32,35H,7,9,11H2,1-6H3/t15?,16?,18-,19+,20+,23+,24-,26-,27-,28+,29-/m0/s1. The van der Waals surface area contributed by atoms with E-state index >= 15 is 0 Å². The van der Waals surface area contributed by atoms with Gasteiger partial charge in [-0.15, -0.1) is 0 Å². The fourth-order valence-electron chi connectivity index (χ4n) is 9.80. The van der Waals surface area contributed by atoms with Crippen LogP contribution in [0.25, 0.3) is 0 Å². The Labute approximate surface area is 231 Å². The number of esters is 3. The number of rotatable bonds is 4. The van der Waals surface area contributed by atoms with Crippen molar-refractivity contribution in [1.29, 1.82) is 0 Å². The number of fused-ring (bicyclic) bond motifs is 5. The first-order valence-electron chi connectivity index (χ1n) is 13.7. The molecule has 3 aliphatic carbocycles. The lowest BCUT2D eigenvalue weighted by Crippen LogP contribution is -2.81. The predicted octanol–water partition coefficient (Wildman–Crippen LogP) is 1.88. The van der Waals surface area contributed by atoms with E-state index in [1.54, 1.807) is 26.8 Å². The van der Waals surface area contributed by atoms with Crippen LogP contribution in [0.1, 0.15) is 65.5 Å². The van der Waals surface area contributed by atoms with Crippen molar-refractivity contribution in [3.8, 4) is 0 Å². The summed E-state index contributed by atoms with van der Waals surface area (Å²) in [4.78, 5) is 52.7. The number of ketones is 1. The molecule has 2 aliphatic heterocycles. The number of aliphatic hydroxyl groups excluding tert-OH is 1. The zero-order chi connectivity index (χ0) is 29.2. The minimum Gasteiger partial charge on any atom is -0.472 e. The molecule has 2 saturated heterocycles. The van der Waals surface area contributed by atoms with Crippen LogP contribution in [-0.2, 0) is 38.1 Å². The number of furan rings is 1. The maximum absolute atomic E-state index is 14.5. The summed E-state index contributed by atoms with van der Waals surface area (Å²) < 4.78 is 28.2. The zero-order valence-corrected chi connectivity index (χ0v) is 23.5. The number of methoxy groups -OCH3 is 1. The van der Waals surface area contributed by atoms with Crippen LogP contribution in [0.4, 0.5) is 0 Å². The van der Waals surface area contributed by atoms with Gasteiger partial charge in [-0.05, 0) is 18.9 Å². The summed E-state index contributed by atoms with van der Waals surface area (Å²) in [5, 5.41) is 23.8. The number of carbonyl (C=O) groups excluding carboxylic acids is 4. The van der Waals surface area contributed by atoms with Crippen LogP contribution in [0.15, 0.2) is 23.0 Å². The molecule has 1 aromatic heterocycles. The van der Waals surface area contributed by atoms with Crippen molar-refractivity contribution in [3.05, 3.63) is 24.2 Å². The lowest BCUT2D eigenvalue weighted by molar-refractivity contribution is -0.260. The fourth-order valence-corrected chi connectivity index (χ4v) is 9.80. The second-order valence-corrected chi connectivity index (χ2v) is 13.3. The molecule has 0 amide bonds. The van der Waals surface area contributed by atoms with Crippen LogP contribution in [-0.4, -0.2) is 70.5 Å². The highest BCUT2D eigenvalue weighted by Crippen LogP contribution is 2.78. The normalized spacial score (nSPS) is 47.1. The Morgan fingerprint density at radius 3 is 2.45 bits per heavy atom. The molecular formula is C29H36O11. The molecule has 2 unspecified atom stereocenters. The summed E-state index contributed by atoms with van der Waals surface area (Å²) in [6.45, 7) is 8.18. The Balaban J connectivity index is 1.56. The molecular weight excluding hydrogens is 524 g/mol. The first-order valence-corrected chi connectivity index (χ1v) is 13.7. The highest BCUT2D eigenvalue weighted by molar-refractivity contribution is 5.99. The van der Waals surface area contributed by atoms with E-state index < -0.39 is 93.3 Å². The van der Waals surface area contributed by atoms with Gasteiger partial charge in [0.25, 0.3) is 0 Å². The molecule has 5 fully saturated rings. The van der Waals surface area contributed by atoms with Gasteiger partial charge >= 0.3 is 17.9 Å². The van der Waals surface area contributed by atoms with E-state index in [2.05, 4.69) is 0 Å². The van der Waals surface area contributed by atoms with Crippen molar-refractivity contribution >= 4 is 23.7 Å². The first-order chi connectivity index (χ1) is 18.6. The number of aliphatic hydroxyl groups is 2. The second kappa shape index (κ2) is 8.17. The number of carbonyl (C=O) groups is 4. The molecule has 2 bridgehead atoms. The molecule has 0 radical (unpaired) electrons. The average molecular weight is 561 g/mol. The number of hydrogen-bond acceptors (Lipinski definition) is 11. The van der Waals surface area contributed by atoms with E-state index in [0.717, 1.165) is 7.11 Å². The number of hydrogen-bond donors (Lipinski definition) is 2. The predicted molar refractivity (Wildman–Crippen MR) is 133 cm³/mol. The number of epoxide rings is 1. The monoisotopic (exact) mass is 560 g/mol. The zero-order valence-electron chi connectivity index (χ0n) is 23.5. The summed E-state index contributed by atoms with van der Waals surface area (Å²) in [7, 11) is 1.14. The summed E-state index contributed by atoms with van der Waals surface area (Å²) >= 11 is 0. The maximum atomic E-state index is 14.5. The minimum absolute atomic E-state index is 0.00987. The molecule has 2 N–H and O–H groups in total. The average Bonchev–Trinajstić information content (AvgIpc) is 3.37. The Morgan fingerprint density at radius 2 is 1.85 bits per heavy atom. The third-order valence-corrected chi connectivity index (χ3v) is 11.1. The molecule has 11 atom stereocenters. The van der Waals surface area contributed by atoms with Gasteiger partial charge in [-0.2, -0.15) is 0 Å². The van der Waals surface area contributed by atoms with Crippen molar-refractivity contribution in [2.24, 2.45) is 34.0 Å². The van der Waals surface area contributed by atoms with Gasteiger partial charge in [-0.1, -0.05) is 27.7 Å². The number of Topliss-reactive ketones (excluding diaryl/α,β-unsaturated/α-hetero) is 1. The Hall–Kier alpha value is -2.76. The van der Waals surface area contributed by atoms with Gasteiger partial charge in [0.1, 0.15) is 23.9 Å². The van der Waals surface area contributed by atoms with E-state index in [0.29, 0.717) is 18.4 Å². The summed E-state index contributed by atoms with van der Waals surface area (Å²) in [6.07, 6.45) is -0.893. The van der Waals surface area contributed by atoms with Gasteiger partial charge in [0.15, 0.2) is 17.5 Å². The third kappa shape index (κ3) is 3.01. The molecule has 0 aromatic carbocycles. The highest BCUT2D eigenvalue weighted by atomic mass is 16.6. The Morgan fingerprint density at radius 1 is 1.15 bits per heavy atom. The van der Waals surface area contributed by atoms with Gasteiger partial charge in [0, 0.05) is 46.5 Å². The SMILES string of the molecule is COC(=O)[C@@H](O)[C@@H]1C(C)(C)[C@@H](OC(C)=O)[C@]2(O)C(=O)[C@@]1(C)C1CC[C@@]3(C)C(CC(=O)O[C@@H]3c3ccoc3)[C@@]13O[C@H]32. The molecule has 3 heterocycles. The van der Waals surface area contributed by atoms with Gasteiger partial charge in [-0.25, -0.2) is 4.79 Å². The largest absolute Gasteiger partial charge is 0.472 e. The number of cyclic esters (lactones) is 1.